The van der Waals surface area contributed by atoms with Gasteiger partial charge >= 0.3 is 0 Å². The van der Waals surface area contributed by atoms with Crippen LogP contribution in [0.25, 0.3) is 0 Å². The molecule has 0 amide bonds. The first-order valence-electron chi connectivity index (χ1n) is 5.09. The molecule has 0 unspecified atom stereocenters. The van der Waals surface area contributed by atoms with Gasteiger partial charge in [-0.2, -0.15) is 0 Å². The molecule has 0 radical (unpaired) electrons. The lowest BCUT2D eigenvalue weighted by Gasteiger charge is -1.93. The number of hydrogen-bond donors (Lipinski definition) is 0. The van der Waals surface area contributed by atoms with E-state index in [1.54, 1.807) is 6.92 Å². The normalized spacial score (nSPS) is 7.53. The second kappa shape index (κ2) is 10.6. The number of aldehydes is 1. The fourth-order valence-electron chi connectivity index (χ4n) is 0.788. The monoisotopic (exact) mass is 208 g/mol. The van der Waals surface area contributed by atoms with E-state index in [4.69, 9.17) is 4.79 Å². The smallest absolute Gasteiger partial charge is 0.159 e. The third kappa shape index (κ3) is 8.88. The fraction of sp³-hybridized carbons (Fsp3) is 0.385. The number of carbonyl (C=O) groups excluding carboxylic acids is 2. The molecule has 0 heterocycles. The first-order valence-corrected chi connectivity index (χ1v) is 5.09. The molecule has 0 aromatic heterocycles. The summed E-state index contributed by atoms with van der Waals surface area (Å²) in [6.07, 6.45) is 0.750. The molecule has 0 aliphatic rings. The number of rotatable bonds is 1. The summed E-state index contributed by atoms with van der Waals surface area (Å²) in [6.45, 7) is 9.02. The van der Waals surface area contributed by atoms with Crippen molar-refractivity contribution in [3.05, 3.63) is 35.4 Å². The Morgan fingerprint density at radius 3 is 1.73 bits per heavy atom. The van der Waals surface area contributed by atoms with Crippen molar-refractivity contribution in [3.8, 4) is 0 Å². The van der Waals surface area contributed by atoms with Gasteiger partial charge in [0.25, 0.3) is 0 Å². The predicted octanol–water partition coefficient (Wildman–Crippen LogP) is 3.43. The van der Waals surface area contributed by atoms with E-state index in [1.165, 1.54) is 12.5 Å². The summed E-state index contributed by atoms with van der Waals surface area (Å²) < 4.78 is 0. The van der Waals surface area contributed by atoms with Crippen molar-refractivity contribution in [2.45, 2.75) is 34.6 Å². The van der Waals surface area contributed by atoms with Crippen molar-refractivity contribution < 1.29 is 9.59 Å². The minimum Gasteiger partial charge on any atom is -0.304 e. The van der Waals surface area contributed by atoms with Gasteiger partial charge in [0.1, 0.15) is 6.29 Å². The first kappa shape index (κ1) is 16.0. The highest BCUT2D eigenvalue weighted by molar-refractivity contribution is 5.93. The van der Waals surface area contributed by atoms with Crippen LogP contribution in [0.15, 0.2) is 24.3 Å². The summed E-state index contributed by atoms with van der Waals surface area (Å²) in [7, 11) is 0. The topological polar surface area (TPSA) is 34.1 Å². The molecule has 0 spiro atoms. The maximum atomic E-state index is 10.8. The second-order valence-corrected chi connectivity index (χ2v) is 2.66. The highest BCUT2D eigenvalue weighted by Crippen LogP contribution is 2.02. The van der Waals surface area contributed by atoms with E-state index >= 15 is 0 Å². The van der Waals surface area contributed by atoms with E-state index in [2.05, 4.69) is 0 Å². The van der Waals surface area contributed by atoms with Crippen molar-refractivity contribution in [3.63, 3.8) is 0 Å². The molecule has 2 heteroatoms. The molecular weight excluding hydrogens is 188 g/mol. The Kier molecular flexibility index (Phi) is 11.4. The number of aryl methyl sites for hydroxylation is 1. The molecule has 1 aromatic rings. The van der Waals surface area contributed by atoms with E-state index in [1.807, 2.05) is 45.0 Å². The van der Waals surface area contributed by atoms with Gasteiger partial charge in [0, 0.05) is 5.56 Å². The van der Waals surface area contributed by atoms with Gasteiger partial charge < -0.3 is 4.79 Å². The van der Waals surface area contributed by atoms with Gasteiger partial charge in [-0.15, -0.1) is 0 Å². The summed E-state index contributed by atoms with van der Waals surface area (Å²) in [5.41, 5.74) is 1.97. The SMILES string of the molecule is CC.CC(=O)c1ccc(C)cc1.CC=O. The van der Waals surface area contributed by atoms with E-state index < -0.39 is 0 Å². The molecular formula is C13H20O2. The molecule has 0 aliphatic carbocycles. The molecule has 0 bridgehead atoms. The van der Waals surface area contributed by atoms with Crippen molar-refractivity contribution in [1.82, 2.24) is 0 Å². The van der Waals surface area contributed by atoms with Crippen LogP contribution in [-0.4, -0.2) is 12.1 Å². The van der Waals surface area contributed by atoms with Crippen LogP contribution in [0.1, 0.15) is 43.6 Å². The molecule has 15 heavy (non-hydrogen) atoms. The fourth-order valence-corrected chi connectivity index (χ4v) is 0.788. The van der Waals surface area contributed by atoms with Crippen molar-refractivity contribution in [2.24, 2.45) is 0 Å². The summed E-state index contributed by atoms with van der Waals surface area (Å²) in [5.74, 6) is 0.125. The predicted molar refractivity (Wildman–Crippen MR) is 64.3 cm³/mol. The zero-order chi connectivity index (χ0) is 12.3. The van der Waals surface area contributed by atoms with Crippen LogP contribution < -0.4 is 0 Å². The lowest BCUT2D eigenvalue weighted by Crippen LogP contribution is -1.90. The molecule has 0 saturated heterocycles. The average Bonchev–Trinajstić information content (AvgIpc) is 2.22. The van der Waals surface area contributed by atoms with Crippen LogP contribution in [0.2, 0.25) is 0 Å². The Balaban J connectivity index is 0. The molecule has 0 saturated carbocycles. The highest BCUT2D eigenvalue weighted by Gasteiger charge is 1.95. The van der Waals surface area contributed by atoms with Crippen LogP contribution in [0, 0.1) is 6.92 Å². The molecule has 0 atom stereocenters. The van der Waals surface area contributed by atoms with Gasteiger partial charge in [-0.3, -0.25) is 4.79 Å². The summed E-state index contributed by atoms with van der Waals surface area (Å²) >= 11 is 0. The molecule has 0 N–H and O–H groups in total. The number of benzene rings is 1. The summed E-state index contributed by atoms with van der Waals surface area (Å²) in [5, 5.41) is 0. The van der Waals surface area contributed by atoms with Crippen LogP contribution in [0.5, 0.6) is 0 Å². The van der Waals surface area contributed by atoms with E-state index in [0.717, 1.165) is 11.8 Å². The molecule has 84 valence electrons. The molecule has 1 rings (SSSR count). The number of ketones is 1. The Hall–Kier alpha value is -1.44. The number of carbonyl (C=O) groups is 2. The molecule has 0 aliphatic heterocycles. The van der Waals surface area contributed by atoms with Crippen LogP contribution >= 0.6 is 0 Å². The number of Topliss-reactive ketones (excluding diaryl/α,β-unsaturated/α-hetero) is 1. The third-order valence-corrected chi connectivity index (χ3v) is 1.46. The Morgan fingerprint density at radius 2 is 1.47 bits per heavy atom. The van der Waals surface area contributed by atoms with Gasteiger partial charge in [-0.25, -0.2) is 0 Å². The van der Waals surface area contributed by atoms with Gasteiger partial charge in [0.05, 0.1) is 0 Å². The lowest BCUT2D eigenvalue weighted by atomic mass is 10.1. The van der Waals surface area contributed by atoms with Crippen LogP contribution in [-0.2, 0) is 4.79 Å². The van der Waals surface area contributed by atoms with Crippen molar-refractivity contribution in [2.75, 3.05) is 0 Å². The van der Waals surface area contributed by atoms with Gasteiger partial charge in [-0.1, -0.05) is 43.7 Å². The van der Waals surface area contributed by atoms with E-state index in [0.29, 0.717) is 0 Å². The van der Waals surface area contributed by atoms with Crippen LogP contribution in [0.3, 0.4) is 0 Å². The van der Waals surface area contributed by atoms with Gasteiger partial charge in [-0.05, 0) is 20.8 Å². The third-order valence-electron chi connectivity index (χ3n) is 1.46. The lowest BCUT2D eigenvalue weighted by molar-refractivity contribution is -0.106. The van der Waals surface area contributed by atoms with Crippen molar-refractivity contribution in [1.29, 1.82) is 0 Å². The maximum Gasteiger partial charge on any atom is 0.159 e. The molecule has 0 fully saturated rings. The van der Waals surface area contributed by atoms with Gasteiger partial charge in [0.15, 0.2) is 5.78 Å². The zero-order valence-corrected chi connectivity index (χ0v) is 10.2. The standard InChI is InChI=1S/C9H10O.C2H4O.C2H6/c1-7-3-5-9(6-4-7)8(2)10;1-2-3;1-2/h3-6H,1-2H3;2H,1H3;1-2H3. The summed E-state index contributed by atoms with van der Waals surface area (Å²) in [6, 6.07) is 7.57. The maximum absolute atomic E-state index is 10.8. The number of hydrogen-bond acceptors (Lipinski definition) is 2. The Labute approximate surface area is 92.3 Å². The zero-order valence-electron chi connectivity index (χ0n) is 10.2. The molecule has 1 aromatic carbocycles. The largest absolute Gasteiger partial charge is 0.304 e. The molecule has 2 nitrogen and oxygen atoms in total. The average molecular weight is 208 g/mol. The van der Waals surface area contributed by atoms with Gasteiger partial charge in [0.2, 0.25) is 0 Å². The Bertz CT molecular complexity index is 273. The Morgan fingerprint density at radius 1 is 1.13 bits per heavy atom. The van der Waals surface area contributed by atoms with E-state index in [-0.39, 0.29) is 5.78 Å². The minimum atomic E-state index is 0.125. The first-order chi connectivity index (χ1) is 7.11. The second-order valence-electron chi connectivity index (χ2n) is 2.66. The highest BCUT2D eigenvalue weighted by atomic mass is 16.1. The van der Waals surface area contributed by atoms with Crippen molar-refractivity contribution >= 4 is 12.1 Å². The summed E-state index contributed by atoms with van der Waals surface area (Å²) in [4.78, 5) is 19.6. The van der Waals surface area contributed by atoms with E-state index in [9.17, 15) is 4.79 Å². The van der Waals surface area contributed by atoms with Crippen LogP contribution in [0.4, 0.5) is 0 Å². The quantitative estimate of drug-likeness (QED) is 0.523. The minimum absolute atomic E-state index is 0.125.